The number of imidazole rings is 1. The zero-order chi connectivity index (χ0) is 20.1. The Morgan fingerprint density at radius 2 is 2.07 bits per heavy atom. The molecule has 146 valence electrons. The summed E-state index contributed by atoms with van der Waals surface area (Å²) in [6, 6.07) is 6.18. The van der Waals surface area contributed by atoms with Crippen LogP contribution in [-0.2, 0) is 0 Å². The van der Waals surface area contributed by atoms with E-state index in [1.807, 2.05) is 0 Å². The van der Waals surface area contributed by atoms with Crippen molar-refractivity contribution in [3.63, 3.8) is 0 Å². The van der Waals surface area contributed by atoms with Crippen molar-refractivity contribution in [2.45, 2.75) is 24.4 Å². The minimum atomic E-state index is -4.45. The number of hydrogen-bond donors (Lipinski definition) is 2. The molecule has 0 bridgehead atoms. The van der Waals surface area contributed by atoms with E-state index >= 15 is 0 Å². The van der Waals surface area contributed by atoms with Crippen molar-refractivity contribution in [2.24, 2.45) is 0 Å². The molecule has 2 unspecified atom stereocenters. The van der Waals surface area contributed by atoms with Crippen molar-refractivity contribution in [1.82, 2.24) is 14.6 Å². The summed E-state index contributed by atoms with van der Waals surface area (Å²) in [4.78, 5) is 4.29. The van der Waals surface area contributed by atoms with E-state index in [0.29, 0.717) is 10.8 Å². The Balaban J connectivity index is 1.63. The third kappa shape index (κ3) is 3.66. The standard InChI is InChI=1S/C18H14ClF4N5/c19-15-7-13(17-25-3-4-28(17)27-15)12-6-11(12)9-1-2-10(16(20)24)14(5-9)26-8-18(21,22)23/h1-5,7,11-12,24,26H,6,8H2. The quantitative estimate of drug-likeness (QED) is 0.462. The molecule has 2 atom stereocenters. The van der Waals surface area contributed by atoms with Crippen LogP contribution in [0.2, 0.25) is 5.15 Å². The van der Waals surface area contributed by atoms with E-state index in [1.165, 1.54) is 12.1 Å². The van der Waals surface area contributed by atoms with Gasteiger partial charge < -0.3 is 5.32 Å². The summed E-state index contributed by atoms with van der Waals surface area (Å²) in [6.45, 7) is -1.31. The number of aromatic nitrogens is 3. The fourth-order valence-corrected chi connectivity index (χ4v) is 3.61. The van der Waals surface area contributed by atoms with Gasteiger partial charge in [0, 0.05) is 23.6 Å². The second kappa shape index (κ2) is 6.73. The van der Waals surface area contributed by atoms with Crippen LogP contribution in [0.3, 0.4) is 0 Å². The minimum absolute atomic E-state index is 0.0354. The molecule has 2 N–H and O–H groups in total. The summed E-state index contributed by atoms with van der Waals surface area (Å²) in [5.41, 5.74) is 2.09. The van der Waals surface area contributed by atoms with Gasteiger partial charge in [-0.25, -0.2) is 9.50 Å². The summed E-state index contributed by atoms with van der Waals surface area (Å²) in [6.07, 6.45) is -0.398. The van der Waals surface area contributed by atoms with Crippen LogP contribution in [0, 0.1) is 5.41 Å². The highest BCUT2D eigenvalue weighted by molar-refractivity contribution is 6.29. The van der Waals surface area contributed by atoms with E-state index in [2.05, 4.69) is 15.4 Å². The number of hydrogen-bond acceptors (Lipinski definition) is 4. The predicted octanol–water partition coefficient (Wildman–Crippen LogP) is 4.92. The van der Waals surface area contributed by atoms with Gasteiger partial charge in [-0.2, -0.15) is 22.7 Å². The first-order valence-corrected chi connectivity index (χ1v) is 8.79. The highest BCUT2D eigenvalue weighted by Crippen LogP contribution is 2.56. The fraction of sp³-hybridized carbons (Fsp3) is 0.278. The Bertz CT molecular complexity index is 1060. The maximum atomic E-state index is 13.4. The average Bonchev–Trinajstić information content (AvgIpc) is 3.28. The highest BCUT2D eigenvalue weighted by Gasteiger charge is 2.41. The summed E-state index contributed by atoms with van der Waals surface area (Å²) in [5.74, 6) is -1.17. The summed E-state index contributed by atoms with van der Waals surface area (Å²) in [5, 5.41) is 13.8. The molecule has 3 aromatic rings. The van der Waals surface area contributed by atoms with Crippen molar-refractivity contribution < 1.29 is 17.6 Å². The minimum Gasteiger partial charge on any atom is -0.376 e. The summed E-state index contributed by atoms with van der Waals surface area (Å²) in [7, 11) is 0. The average molecular weight is 412 g/mol. The number of fused-ring (bicyclic) bond motifs is 1. The van der Waals surface area contributed by atoms with Gasteiger partial charge in [0.1, 0.15) is 11.7 Å². The number of halogens is 5. The molecule has 10 heteroatoms. The van der Waals surface area contributed by atoms with E-state index in [0.717, 1.165) is 17.5 Å². The van der Waals surface area contributed by atoms with E-state index in [4.69, 9.17) is 17.0 Å². The predicted molar refractivity (Wildman–Crippen MR) is 97.0 cm³/mol. The van der Waals surface area contributed by atoms with Crippen molar-refractivity contribution in [3.8, 4) is 0 Å². The van der Waals surface area contributed by atoms with Crippen molar-refractivity contribution in [1.29, 1.82) is 5.41 Å². The number of rotatable bonds is 5. The maximum Gasteiger partial charge on any atom is 0.405 e. The molecule has 2 heterocycles. The Labute approximate surface area is 161 Å². The second-order valence-corrected chi connectivity index (χ2v) is 7.04. The molecule has 1 aromatic carbocycles. The number of nitrogens with zero attached hydrogens (tertiary/aromatic N) is 3. The van der Waals surface area contributed by atoms with Gasteiger partial charge in [0.2, 0.25) is 5.97 Å². The third-order valence-electron chi connectivity index (χ3n) is 4.74. The van der Waals surface area contributed by atoms with Crippen molar-refractivity contribution >= 4 is 28.9 Å². The van der Waals surface area contributed by atoms with E-state index in [-0.39, 0.29) is 23.1 Å². The van der Waals surface area contributed by atoms with E-state index in [1.54, 1.807) is 29.0 Å². The molecule has 0 amide bonds. The van der Waals surface area contributed by atoms with Crippen molar-refractivity contribution in [3.05, 3.63) is 58.5 Å². The van der Waals surface area contributed by atoms with Gasteiger partial charge >= 0.3 is 6.18 Å². The normalized spacial score (nSPS) is 19.0. The molecular weight excluding hydrogens is 398 g/mol. The maximum absolute atomic E-state index is 13.4. The lowest BCUT2D eigenvalue weighted by molar-refractivity contribution is -0.115. The number of alkyl halides is 3. The molecule has 2 aromatic heterocycles. The Kier molecular flexibility index (Phi) is 4.49. The molecule has 1 saturated carbocycles. The van der Waals surface area contributed by atoms with Crippen LogP contribution in [0.5, 0.6) is 0 Å². The molecule has 1 fully saturated rings. The molecule has 0 saturated heterocycles. The van der Waals surface area contributed by atoms with Gasteiger partial charge in [0.25, 0.3) is 0 Å². The second-order valence-electron chi connectivity index (χ2n) is 6.65. The summed E-state index contributed by atoms with van der Waals surface area (Å²) < 4.78 is 52.6. The lowest BCUT2D eigenvalue weighted by atomic mass is 10.0. The Morgan fingerprint density at radius 1 is 1.29 bits per heavy atom. The monoisotopic (exact) mass is 411 g/mol. The van der Waals surface area contributed by atoms with Gasteiger partial charge in [-0.05, 0) is 42.0 Å². The zero-order valence-electron chi connectivity index (χ0n) is 14.3. The van der Waals surface area contributed by atoms with E-state index in [9.17, 15) is 17.6 Å². The first-order chi connectivity index (χ1) is 13.2. The largest absolute Gasteiger partial charge is 0.405 e. The van der Waals surface area contributed by atoms with Gasteiger partial charge in [-0.1, -0.05) is 17.7 Å². The molecule has 5 nitrogen and oxygen atoms in total. The van der Waals surface area contributed by atoms with Crippen LogP contribution in [0.15, 0.2) is 36.7 Å². The number of nitrogens with one attached hydrogen (secondary N) is 2. The van der Waals surface area contributed by atoms with Crippen LogP contribution in [0.4, 0.5) is 23.2 Å². The first-order valence-electron chi connectivity index (χ1n) is 8.42. The third-order valence-corrected chi connectivity index (χ3v) is 4.92. The lowest BCUT2D eigenvalue weighted by Crippen LogP contribution is -2.22. The highest BCUT2D eigenvalue weighted by atomic mass is 35.5. The molecule has 1 aliphatic rings. The molecular formula is C18H14ClF4N5. The number of benzene rings is 1. The van der Waals surface area contributed by atoms with Crippen LogP contribution >= 0.6 is 11.6 Å². The topological polar surface area (TPSA) is 66.1 Å². The molecule has 1 aliphatic carbocycles. The molecule has 0 spiro atoms. The molecule has 0 radical (unpaired) electrons. The Hall–Kier alpha value is -2.68. The SMILES string of the molecule is N=C(F)c1ccc(C2CC2c2cc(Cl)nn3ccnc23)cc1NCC(F)(F)F. The van der Waals surface area contributed by atoms with Crippen LogP contribution in [0.1, 0.15) is 34.9 Å². The number of anilines is 1. The molecule has 0 aliphatic heterocycles. The van der Waals surface area contributed by atoms with Gasteiger partial charge in [0.15, 0.2) is 5.65 Å². The zero-order valence-corrected chi connectivity index (χ0v) is 15.0. The van der Waals surface area contributed by atoms with Crippen molar-refractivity contribution in [2.75, 3.05) is 11.9 Å². The van der Waals surface area contributed by atoms with Crippen LogP contribution in [-0.4, -0.2) is 33.3 Å². The van der Waals surface area contributed by atoms with E-state index < -0.39 is 18.7 Å². The smallest absolute Gasteiger partial charge is 0.376 e. The van der Waals surface area contributed by atoms with Gasteiger partial charge in [-0.3, -0.25) is 5.41 Å². The Morgan fingerprint density at radius 3 is 2.79 bits per heavy atom. The molecule has 28 heavy (non-hydrogen) atoms. The fourth-order valence-electron chi connectivity index (χ4n) is 3.41. The van der Waals surface area contributed by atoms with Gasteiger partial charge in [0.05, 0.1) is 5.56 Å². The first kappa shape index (κ1) is 18.7. The lowest BCUT2D eigenvalue weighted by Gasteiger charge is -2.14. The van der Waals surface area contributed by atoms with Crippen LogP contribution in [0.25, 0.3) is 5.65 Å². The summed E-state index contributed by atoms with van der Waals surface area (Å²) >= 11 is 6.07. The van der Waals surface area contributed by atoms with Gasteiger partial charge in [-0.15, -0.1) is 0 Å². The molecule has 4 rings (SSSR count). The van der Waals surface area contributed by atoms with Crippen LogP contribution < -0.4 is 5.32 Å².